The molecule has 0 bridgehead atoms. The summed E-state index contributed by atoms with van der Waals surface area (Å²) in [5, 5.41) is 4.02. The smallest absolute Gasteiger partial charge is 0.138 e. The van der Waals surface area contributed by atoms with Crippen LogP contribution in [0.15, 0.2) is 36.5 Å². The Hall–Kier alpha value is -1.61. The summed E-state index contributed by atoms with van der Waals surface area (Å²) in [5.74, 6) is 0.726. The van der Waals surface area contributed by atoms with Crippen LogP contribution < -0.4 is 10.1 Å². The maximum atomic E-state index is 6.22. The highest BCUT2D eigenvalue weighted by Gasteiger charge is 2.05. The van der Waals surface area contributed by atoms with Crippen LogP contribution in [0.2, 0.25) is 5.02 Å². The fraction of sp³-hybridized carbons (Fsp3) is 0.375. The molecule has 0 saturated heterocycles. The zero-order chi connectivity index (χ0) is 14.5. The van der Waals surface area contributed by atoms with Gasteiger partial charge in [0.15, 0.2) is 0 Å². The van der Waals surface area contributed by atoms with Crippen molar-refractivity contribution in [3.8, 4) is 5.75 Å². The van der Waals surface area contributed by atoms with Crippen LogP contribution in [-0.4, -0.2) is 10.7 Å². The Kier molecular flexibility index (Phi) is 4.96. The molecule has 0 atom stereocenters. The SMILES string of the molecule is CCn1cccc1CNc1ccc(OC(C)C)c(Cl)c1. The number of anilines is 1. The number of halogens is 1. The van der Waals surface area contributed by atoms with Gasteiger partial charge in [0.25, 0.3) is 0 Å². The van der Waals surface area contributed by atoms with Gasteiger partial charge in [-0.3, -0.25) is 0 Å². The largest absolute Gasteiger partial charge is 0.489 e. The molecule has 1 N–H and O–H groups in total. The third-order valence-corrected chi connectivity index (χ3v) is 3.33. The molecule has 0 aliphatic carbocycles. The van der Waals surface area contributed by atoms with Gasteiger partial charge < -0.3 is 14.6 Å². The molecule has 20 heavy (non-hydrogen) atoms. The molecule has 2 rings (SSSR count). The highest BCUT2D eigenvalue weighted by atomic mass is 35.5. The highest BCUT2D eigenvalue weighted by molar-refractivity contribution is 6.32. The highest BCUT2D eigenvalue weighted by Crippen LogP contribution is 2.28. The van der Waals surface area contributed by atoms with Gasteiger partial charge in [-0.15, -0.1) is 0 Å². The van der Waals surface area contributed by atoms with Crippen molar-refractivity contribution in [3.05, 3.63) is 47.2 Å². The summed E-state index contributed by atoms with van der Waals surface area (Å²) in [6, 6.07) is 9.98. The molecule has 0 saturated carbocycles. The Labute approximate surface area is 125 Å². The van der Waals surface area contributed by atoms with Crippen molar-refractivity contribution in [2.24, 2.45) is 0 Å². The average molecular weight is 293 g/mol. The molecule has 0 spiro atoms. The van der Waals surface area contributed by atoms with E-state index in [-0.39, 0.29) is 6.10 Å². The molecule has 0 amide bonds. The lowest BCUT2D eigenvalue weighted by Gasteiger charge is -2.13. The number of nitrogens with one attached hydrogen (secondary N) is 1. The molecular formula is C16H21ClN2O. The Balaban J connectivity index is 2.02. The molecule has 3 nitrogen and oxygen atoms in total. The summed E-state index contributed by atoms with van der Waals surface area (Å²) in [6.45, 7) is 7.87. The molecule has 0 radical (unpaired) electrons. The molecule has 1 aromatic carbocycles. The van der Waals surface area contributed by atoms with Gasteiger partial charge in [0.1, 0.15) is 5.75 Å². The summed E-state index contributed by atoms with van der Waals surface area (Å²) < 4.78 is 7.84. The molecule has 1 aromatic heterocycles. The van der Waals surface area contributed by atoms with Gasteiger partial charge in [-0.25, -0.2) is 0 Å². The standard InChI is InChI=1S/C16H21ClN2O/c1-4-19-9-5-6-14(19)11-18-13-7-8-16(15(17)10-13)20-12(2)3/h5-10,12,18H,4,11H2,1-3H3. The van der Waals surface area contributed by atoms with Crippen LogP contribution >= 0.6 is 11.6 Å². The predicted molar refractivity (Wildman–Crippen MR) is 84.6 cm³/mol. The molecular weight excluding hydrogens is 272 g/mol. The third-order valence-electron chi connectivity index (χ3n) is 3.03. The van der Waals surface area contributed by atoms with Crippen LogP contribution in [0.1, 0.15) is 26.5 Å². The minimum absolute atomic E-state index is 0.124. The first-order chi connectivity index (χ1) is 9.60. The first-order valence-electron chi connectivity index (χ1n) is 6.94. The summed E-state index contributed by atoms with van der Waals surface area (Å²) in [5.41, 5.74) is 2.25. The lowest BCUT2D eigenvalue weighted by atomic mass is 10.3. The summed E-state index contributed by atoms with van der Waals surface area (Å²) >= 11 is 6.22. The number of rotatable bonds is 6. The van der Waals surface area contributed by atoms with Crippen molar-refractivity contribution >= 4 is 17.3 Å². The molecule has 0 aliphatic heterocycles. The number of aryl methyl sites for hydroxylation is 1. The van der Waals surface area contributed by atoms with Crippen molar-refractivity contribution in [1.29, 1.82) is 0 Å². The van der Waals surface area contributed by atoms with E-state index in [1.165, 1.54) is 5.69 Å². The van der Waals surface area contributed by atoms with Gasteiger partial charge in [-0.1, -0.05) is 11.6 Å². The summed E-state index contributed by atoms with van der Waals surface area (Å²) in [6.07, 6.45) is 2.21. The fourth-order valence-corrected chi connectivity index (χ4v) is 2.30. The Morgan fingerprint density at radius 1 is 1.30 bits per heavy atom. The number of benzene rings is 1. The van der Waals surface area contributed by atoms with Crippen LogP contribution in [0.5, 0.6) is 5.75 Å². The minimum atomic E-state index is 0.124. The number of nitrogens with zero attached hydrogens (tertiary/aromatic N) is 1. The van der Waals surface area contributed by atoms with E-state index in [0.29, 0.717) is 5.02 Å². The molecule has 2 aromatic rings. The molecule has 0 fully saturated rings. The molecule has 1 heterocycles. The fourth-order valence-electron chi connectivity index (χ4n) is 2.07. The molecule has 108 valence electrons. The Bertz CT molecular complexity index is 563. The third kappa shape index (κ3) is 3.70. The minimum Gasteiger partial charge on any atom is -0.489 e. The zero-order valence-electron chi connectivity index (χ0n) is 12.2. The topological polar surface area (TPSA) is 26.2 Å². The van der Waals surface area contributed by atoms with Crippen LogP contribution in [0.25, 0.3) is 0 Å². The quantitative estimate of drug-likeness (QED) is 0.844. The summed E-state index contributed by atoms with van der Waals surface area (Å²) in [4.78, 5) is 0. The van der Waals surface area contributed by atoms with E-state index in [2.05, 4.69) is 35.1 Å². The number of hydrogen-bond donors (Lipinski definition) is 1. The second kappa shape index (κ2) is 6.71. The van der Waals surface area contributed by atoms with Gasteiger partial charge in [0.2, 0.25) is 0 Å². The van der Waals surface area contributed by atoms with Crippen molar-refractivity contribution in [2.75, 3.05) is 5.32 Å². The first kappa shape index (κ1) is 14.8. The van der Waals surface area contributed by atoms with E-state index in [9.17, 15) is 0 Å². The monoisotopic (exact) mass is 292 g/mol. The average Bonchev–Trinajstić information content (AvgIpc) is 2.86. The van der Waals surface area contributed by atoms with Gasteiger partial charge in [-0.2, -0.15) is 0 Å². The van der Waals surface area contributed by atoms with Crippen molar-refractivity contribution < 1.29 is 4.74 Å². The number of aromatic nitrogens is 1. The van der Waals surface area contributed by atoms with E-state index >= 15 is 0 Å². The van der Waals surface area contributed by atoms with Gasteiger partial charge in [-0.05, 0) is 51.1 Å². The van der Waals surface area contributed by atoms with E-state index in [1.807, 2.05) is 32.0 Å². The van der Waals surface area contributed by atoms with Crippen LogP contribution in [0.4, 0.5) is 5.69 Å². The maximum absolute atomic E-state index is 6.22. The van der Waals surface area contributed by atoms with Crippen LogP contribution in [-0.2, 0) is 13.1 Å². The van der Waals surface area contributed by atoms with E-state index < -0.39 is 0 Å². The lowest BCUT2D eigenvalue weighted by Crippen LogP contribution is -2.07. The van der Waals surface area contributed by atoms with Gasteiger partial charge in [0.05, 0.1) is 17.7 Å². The second-order valence-electron chi connectivity index (χ2n) is 4.95. The predicted octanol–water partition coefficient (Wildman–Crippen LogP) is 4.56. The Morgan fingerprint density at radius 3 is 2.75 bits per heavy atom. The van der Waals surface area contributed by atoms with E-state index in [1.54, 1.807) is 0 Å². The molecule has 0 unspecified atom stereocenters. The lowest BCUT2D eigenvalue weighted by molar-refractivity contribution is 0.242. The second-order valence-corrected chi connectivity index (χ2v) is 5.36. The van der Waals surface area contributed by atoms with E-state index in [4.69, 9.17) is 16.3 Å². The van der Waals surface area contributed by atoms with Crippen molar-refractivity contribution in [1.82, 2.24) is 4.57 Å². The van der Waals surface area contributed by atoms with Crippen LogP contribution in [0.3, 0.4) is 0 Å². The van der Waals surface area contributed by atoms with Crippen molar-refractivity contribution in [3.63, 3.8) is 0 Å². The number of hydrogen-bond acceptors (Lipinski definition) is 2. The Morgan fingerprint density at radius 2 is 2.10 bits per heavy atom. The zero-order valence-corrected chi connectivity index (χ0v) is 12.9. The van der Waals surface area contributed by atoms with Gasteiger partial charge in [0, 0.05) is 24.1 Å². The molecule has 0 aliphatic rings. The summed E-state index contributed by atoms with van der Waals surface area (Å²) in [7, 11) is 0. The van der Waals surface area contributed by atoms with Crippen molar-refractivity contribution in [2.45, 2.75) is 40.0 Å². The maximum Gasteiger partial charge on any atom is 0.138 e. The van der Waals surface area contributed by atoms with Gasteiger partial charge >= 0.3 is 0 Å². The molecule has 4 heteroatoms. The van der Waals surface area contributed by atoms with E-state index in [0.717, 1.165) is 24.5 Å². The number of ether oxygens (including phenoxy) is 1. The van der Waals surface area contributed by atoms with Crippen LogP contribution in [0, 0.1) is 0 Å². The first-order valence-corrected chi connectivity index (χ1v) is 7.32. The normalized spacial score (nSPS) is 10.8.